The van der Waals surface area contributed by atoms with E-state index in [0.717, 1.165) is 57.8 Å². The third kappa shape index (κ3) is 5.23. The van der Waals surface area contributed by atoms with Gasteiger partial charge in [-0.25, -0.2) is 0 Å². The zero-order valence-corrected chi connectivity index (χ0v) is 14.7. The topological polar surface area (TPSA) is 57.5 Å². The van der Waals surface area contributed by atoms with Crippen molar-refractivity contribution in [2.45, 2.75) is 89.6 Å². The maximum atomic E-state index is 12.4. The maximum Gasteiger partial charge on any atom is 0.335 e. The summed E-state index contributed by atoms with van der Waals surface area (Å²) in [4.78, 5) is 20.2. The summed E-state index contributed by atoms with van der Waals surface area (Å²) < 4.78 is 12.4. The zero-order valence-electron chi connectivity index (χ0n) is 13.8. The van der Waals surface area contributed by atoms with Crippen molar-refractivity contribution < 1.29 is 14.4 Å². The van der Waals surface area contributed by atoms with Crippen LogP contribution in [0.15, 0.2) is 12.2 Å². The second-order valence-corrected chi connectivity index (χ2v) is 8.41. The molecule has 0 radical (unpaired) electrons. The van der Waals surface area contributed by atoms with E-state index in [1.807, 2.05) is 19.1 Å². The molecular formula is C17H33O3P. The fraction of sp³-hybridized carbons (Fsp3) is 0.882. The summed E-state index contributed by atoms with van der Waals surface area (Å²) in [5.74, 6) is 0.150. The summed E-state index contributed by atoms with van der Waals surface area (Å²) in [6.07, 6.45) is 15.0. The smallest absolute Gasteiger partial charge is 0.324 e. The first-order chi connectivity index (χ1) is 9.98. The van der Waals surface area contributed by atoms with Crippen LogP contribution in [0.4, 0.5) is 0 Å². The van der Waals surface area contributed by atoms with Gasteiger partial charge in [-0.05, 0) is 31.6 Å². The first-order valence-electron chi connectivity index (χ1n) is 8.71. The molecule has 1 saturated carbocycles. The number of hydrogen-bond acceptors (Lipinski definition) is 1. The summed E-state index contributed by atoms with van der Waals surface area (Å²) in [5, 5.41) is -0.906. The normalized spacial score (nSPS) is 20.8. The molecule has 3 nitrogen and oxygen atoms in total. The minimum atomic E-state index is -4.14. The van der Waals surface area contributed by atoms with Crippen LogP contribution in [-0.4, -0.2) is 14.9 Å². The highest BCUT2D eigenvalue weighted by Gasteiger charge is 2.49. The number of allylic oxidation sites excluding steroid dienone is 2. The molecule has 1 atom stereocenters. The van der Waals surface area contributed by atoms with Crippen molar-refractivity contribution >= 4 is 7.60 Å². The van der Waals surface area contributed by atoms with Crippen molar-refractivity contribution in [3.63, 3.8) is 0 Å². The predicted octanol–water partition coefficient (Wildman–Crippen LogP) is 5.42. The fourth-order valence-electron chi connectivity index (χ4n) is 3.66. The lowest BCUT2D eigenvalue weighted by Crippen LogP contribution is -2.37. The Balaban J connectivity index is 2.96. The van der Waals surface area contributed by atoms with E-state index in [9.17, 15) is 14.4 Å². The molecule has 0 aromatic rings. The van der Waals surface area contributed by atoms with Crippen molar-refractivity contribution in [2.24, 2.45) is 5.92 Å². The van der Waals surface area contributed by atoms with E-state index in [2.05, 4.69) is 6.92 Å². The molecule has 21 heavy (non-hydrogen) atoms. The molecule has 0 saturated heterocycles. The van der Waals surface area contributed by atoms with Gasteiger partial charge in [-0.3, -0.25) is 4.57 Å². The first-order valence-corrected chi connectivity index (χ1v) is 10.3. The average molecular weight is 316 g/mol. The molecule has 1 fully saturated rings. The van der Waals surface area contributed by atoms with Gasteiger partial charge < -0.3 is 9.79 Å². The molecule has 4 heteroatoms. The highest BCUT2D eigenvalue weighted by Crippen LogP contribution is 2.60. The van der Waals surface area contributed by atoms with Gasteiger partial charge in [0.25, 0.3) is 0 Å². The third-order valence-corrected chi connectivity index (χ3v) is 6.75. The minimum absolute atomic E-state index is 0.150. The first kappa shape index (κ1) is 18.9. The number of rotatable bonds is 9. The molecule has 0 heterocycles. The monoisotopic (exact) mass is 316 g/mol. The van der Waals surface area contributed by atoms with Gasteiger partial charge in [-0.15, -0.1) is 0 Å². The summed E-state index contributed by atoms with van der Waals surface area (Å²) >= 11 is 0. The summed E-state index contributed by atoms with van der Waals surface area (Å²) in [5.41, 5.74) is 0. The second-order valence-electron chi connectivity index (χ2n) is 6.49. The Labute approximate surface area is 130 Å². The van der Waals surface area contributed by atoms with Crippen LogP contribution in [0, 0.1) is 5.92 Å². The van der Waals surface area contributed by atoms with Crippen molar-refractivity contribution in [3.8, 4) is 0 Å². The molecule has 2 N–H and O–H groups in total. The van der Waals surface area contributed by atoms with E-state index >= 15 is 0 Å². The molecule has 0 aromatic heterocycles. The SMILES string of the molecule is CC/C=C/C(CCCCCC)(C1CCCCC1)P(=O)(O)O. The van der Waals surface area contributed by atoms with Crippen molar-refractivity contribution in [1.82, 2.24) is 0 Å². The van der Waals surface area contributed by atoms with Gasteiger partial charge in [-0.1, -0.05) is 70.9 Å². The molecule has 1 rings (SSSR count). The highest BCUT2D eigenvalue weighted by atomic mass is 31.2. The average Bonchev–Trinajstić information content (AvgIpc) is 2.46. The summed E-state index contributed by atoms with van der Waals surface area (Å²) in [6.45, 7) is 4.19. The van der Waals surface area contributed by atoms with Gasteiger partial charge in [0.1, 0.15) is 0 Å². The predicted molar refractivity (Wildman–Crippen MR) is 89.5 cm³/mol. The molecular weight excluding hydrogens is 283 g/mol. The Morgan fingerprint density at radius 1 is 1.10 bits per heavy atom. The Morgan fingerprint density at radius 2 is 1.76 bits per heavy atom. The number of hydrogen-bond donors (Lipinski definition) is 2. The molecule has 0 amide bonds. The Kier molecular flexibility index (Phi) is 8.23. The molecule has 124 valence electrons. The van der Waals surface area contributed by atoms with Crippen LogP contribution in [0.1, 0.15) is 84.5 Å². The van der Waals surface area contributed by atoms with Crippen LogP contribution in [0.25, 0.3) is 0 Å². The van der Waals surface area contributed by atoms with E-state index in [0.29, 0.717) is 6.42 Å². The van der Waals surface area contributed by atoms with Gasteiger partial charge >= 0.3 is 7.60 Å². The largest absolute Gasteiger partial charge is 0.335 e. The van der Waals surface area contributed by atoms with Crippen molar-refractivity contribution in [3.05, 3.63) is 12.2 Å². The highest BCUT2D eigenvalue weighted by molar-refractivity contribution is 7.53. The van der Waals surface area contributed by atoms with Gasteiger partial charge in [0.15, 0.2) is 0 Å². The van der Waals surface area contributed by atoms with E-state index in [1.54, 1.807) is 0 Å². The lowest BCUT2D eigenvalue weighted by molar-refractivity contribution is 0.238. The Hall–Kier alpha value is -0.110. The van der Waals surface area contributed by atoms with E-state index < -0.39 is 12.8 Å². The molecule has 0 aromatic carbocycles. The van der Waals surface area contributed by atoms with Crippen molar-refractivity contribution in [1.29, 1.82) is 0 Å². The van der Waals surface area contributed by atoms with E-state index in [4.69, 9.17) is 0 Å². The van der Waals surface area contributed by atoms with Crippen LogP contribution in [-0.2, 0) is 4.57 Å². The quantitative estimate of drug-likeness (QED) is 0.339. The van der Waals surface area contributed by atoms with Gasteiger partial charge in [-0.2, -0.15) is 0 Å². The molecule has 1 aliphatic carbocycles. The van der Waals surface area contributed by atoms with Crippen LogP contribution >= 0.6 is 7.60 Å². The molecule has 0 aliphatic heterocycles. The lowest BCUT2D eigenvalue weighted by atomic mass is 9.76. The Morgan fingerprint density at radius 3 is 2.29 bits per heavy atom. The molecule has 0 spiro atoms. The van der Waals surface area contributed by atoms with Gasteiger partial charge in [0.2, 0.25) is 0 Å². The molecule has 0 bridgehead atoms. The van der Waals surface area contributed by atoms with E-state index in [-0.39, 0.29) is 5.92 Å². The maximum absolute atomic E-state index is 12.4. The molecule has 1 unspecified atom stereocenters. The van der Waals surface area contributed by atoms with Crippen molar-refractivity contribution in [2.75, 3.05) is 0 Å². The molecule has 1 aliphatic rings. The van der Waals surface area contributed by atoms with Gasteiger partial charge in [0, 0.05) is 0 Å². The van der Waals surface area contributed by atoms with E-state index in [1.165, 1.54) is 6.42 Å². The fourth-order valence-corrected chi connectivity index (χ4v) is 5.15. The number of unbranched alkanes of at least 4 members (excludes halogenated alkanes) is 3. The summed E-state index contributed by atoms with van der Waals surface area (Å²) in [6, 6.07) is 0. The summed E-state index contributed by atoms with van der Waals surface area (Å²) in [7, 11) is -4.14. The third-order valence-electron chi connectivity index (χ3n) is 4.93. The lowest BCUT2D eigenvalue weighted by Gasteiger charge is -2.41. The van der Waals surface area contributed by atoms with Crippen LogP contribution in [0.5, 0.6) is 0 Å². The minimum Gasteiger partial charge on any atom is -0.324 e. The standard InChI is InChI=1S/C17H33O3P/c1-3-5-7-11-15-17(14-6-4-2,21(18,19)20)16-12-9-8-10-13-16/h6,14,16H,3-5,7-13,15H2,1-2H3,(H2,18,19,20)/b14-6+. The van der Waals surface area contributed by atoms with Gasteiger partial charge in [0.05, 0.1) is 5.16 Å². The van der Waals surface area contributed by atoms with Crippen LogP contribution < -0.4 is 0 Å². The second kappa shape index (κ2) is 9.12. The zero-order chi connectivity index (χ0) is 15.8. The Bertz CT molecular complexity index is 355. The van der Waals surface area contributed by atoms with Crippen LogP contribution in [0.3, 0.4) is 0 Å². The van der Waals surface area contributed by atoms with Crippen LogP contribution in [0.2, 0.25) is 0 Å².